The summed E-state index contributed by atoms with van der Waals surface area (Å²) >= 11 is 0. The van der Waals surface area contributed by atoms with Crippen LogP contribution in [0.3, 0.4) is 0 Å². The van der Waals surface area contributed by atoms with Gasteiger partial charge in [-0.3, -0.25) is 4.79 Å². The maximum absolute atomic E-state index is 11.9. The molecule has 2 aromatic rings. The minimum absolute atomic E-state index is 0.145. The summed E-state index contributed by atoms with van der Waals surface area (Å²) in [5, 5.41) is 13.0. The predicted molar refractivity (Wildman–Crippen MR) is 81.8 cm³/mol. The zero-order valence-electron chi connectivity index (χ0n) is 12.4. The fourth-order valence-electron chi connectivity index (χ4n) is 2.86. The van der Waals surface area contributed by atoms with E-state index in [1.54, 1.807) is 6.26 Å². The van der Waals surface area contributed by atoms with Gasteiger partial charge in [0.25, 0.3) is 0 Å². The molecule has 0 spiro atoms. The number of aliphatic hydroxyl groups is 1. The quantitative estimate of drug-likeness (QED) is 0.890. The highest BCUT2D eigenvalue weighted by molar-refractivity contribution is 5.77. The zero-order chi connectivity index (χ0) is 15.4. The summed E-state index contributed by atoms with van der Waals surface area (Å²) in [5.74, 6) is 0.396. The Kier molecular flexibility index (Phi) is 4.24. The van der Waals surface area contributed by atoms with Gasteiger partial charge in [-0.15, -0.1) is 0 Å². The molecule has 2 N–H and O–H groups in total. The van der Waals surface area contributed by atoms with Crippen LogP contribution >= 0.6 is 0 Å². The highest BCUT2D eigenvalue weighted by atomic mass is 16.3. The molecule has 0 radical (unpaired) electrons. The largest absolute Gasteiger partial charge is 0.444 e. The standard InChI is InChI=1S/C17H20N2O3/c20-15(10-17(21)8-4-5-9-17)18-11-14-12-22-16(19-14)13-6-2-1-3-7-13/h1-3,6-7,12,21H,4-5,8-11H2,(H,18,20). The summed E-state index contributed by atoms with van der Waals surface area (Å²) in [6.45, 7) is 0.311. The van der Waals surface area contributed by atoms with Gasteiger partial charge in [0.2, 0.25) is 11.8 Å². The molecule has 1 aromatic carbocycles. The molecule has 1 aliphatic carbocycles. The molecule has 1 saturated carbocycles. The van der Waals surface area contributed by atoms with E-state index < -0.39 is 5.60 Å². The van der Waals surface area contributed by atoms with Crippen molar-refractivity contribution in [1.82, 2.24) is 10.3 Å². The average molecular weight is 300 g/mol. The Morgan fingerprint density at radius 3 is 2.73 bits per heavy atom. The first kappa shape index (κ1) is 14.8. The summed E-state index contributed by atoms with van der Waals surface area (Å²) in [6, 6.07) is 9.61. The second-order valence-electron chi connectivity index (χ2n) is 5.89. The van der Waals surface area contributed by atoms with E-state index in [-0.39, 0.29) is 12.3 Å². The Morgan fingerprint density at radius 2 is 2.00 bits per heavy atom. The van der Waals surface area contributed by atoms with Crippen molar-refractivity contribution in [3.8, 4) is 11.5 Å². The van der Waals surface area contributed by atoms with Crippen molar-refractivity contribution in [1.29, 1.82) is 0 Å². The molecule has 1 heterocycles. The number of hydrogen-bond acceptors (Lipinski definition) is 4. The van der Waals surface area contributed by atoms with Gasteiger partial charge in [0, 0.05) is 5.56 Å². The van der Waals surface area contributed by atoms with Crippen LogP contribution in [0, 0.1) is 0 Å². The van der Waals surface area contributed by atoms with Crippen LogP contribution in [0.2, 0.25) is 0 Å². The molecule has 1 amide bonds. The van der Waals surface area contributed by atoms with Crippen LogP contribution in [0.1, 0.15) is 37.8 Å². The van der Waals surface area contributed by atoms with Gasteiger partial charge in [-0.1, -0.05) is 31.0 Å². The number of carbonyl (C=O) groups excluding carboxylic acids is 1. The second-order valence-corrected chi connectivity index (χ2v) is 5.89. The van der Waals surface area contributed by atoms with E-state index in [0.717, 1.165) is 18.4 Å². The third-order valence-corrected chi connectivity index (χ3v) is 4.06. The van der Waals surface area contributed by atoms with E-state index in [1.165, 1.54) is 0 Å². The number of oxazole rings is 1. The minimum Gasteiger partial charge on any atom is -0.444 e. The first-order valence-electron chi connectivity index (χ1n) is 7.64. The molecule has 0 unspecified atom stereocenters. The average Bonchev–Trinajstić information content (AvgIpc) is 3.15. The molecular formula is C17H20N2O3. The summed E-state index contributed by atoms with van der Waals surface area (Å²) in [5.41, 5.74) is 0.759. The van der Waals surface area contributed by atoms with Crippen molar-refractivity contribution in [2.24, 2.45) is 0 Å². The molecule has 0 aliphatic heterocycles. The molecule has 1 fully saturated rings. The fraction of sp³-hybridized carbons (Fsp3) is 0.412. The zero-order valence-corrected chi connectivity index (χ0v) is 12.4. The number of nitrogens with zero attached hydrogens (tertiary/aromatic N) is 1. The smallest absolute Gasteiger partial charge is 0.226 e. The van der Waals surface area contributed by atoms with Gasteiger partial charge < -0.3 is 14.8 Å². The number of amides is 1. The molecule has 3 rings (SSSR count). The first-order valence-corrected chi connectivity index (χ1v) is 7.64. The van der Waals surface area contributed by atoms with Crippen molar-refractivity contribution < 1.29 is 14.3 Å². The van der Waals surface area contributed by atoms with E-state index in [0.29, 0.717) is 31.0 Å². The van der Waals surface area contributed by atoms with Crippen LogP contribution in [0.15, 0.2) is 41.0 Å². The van der Waals surface area contributed by atoms with Crippen molar-refractivity contribution in [2.75, 3.05) is 0 Å². The minimum atomic E-state index is -0.816. The Labute approximate surface area is 129 Å². The van der Waals surface area contributed by atoms with E-state index in [4.69, 9.17) is 4.42 Å². The molecule has 1 aliphatic rings. The number of benzene rings is 1. The van der Waals surface area contributed by atoms with Crippen LogP contribution in [-0.4, -0.2) is 21.6 Å². The number of carbonyl (C=O) groups is 1. The molecule has 5 heteroatoms. The maximum Gasteiger partial charge on any atom is 0.226 e. The molecule has 116 valence electrons. The van der Waals surface area contributed by atoms with Gasteiger partial charge >= 0.3 is 0 Å². The van der Waals surface area contributed by atoms with E-state index in [1.807, 2.05) is 30.3 Å². The highest BCUT2D eigenvalue weighted by Gasteiger charge is 2.33. The van der Waals surface area contributed by atoms with Crippen LogP contribution < -0.4 is 5.32 Å². The van der Waals surface area contributed by atoms with Gasteiger partial charge in [0.15, 0.2) is 0 Å². The lowest BCUT2D eigenvalue weighted by molar-refractivity contribution is -0.126. The van der Waals surface area contributed by atoms with Gasteiger partial charge in [-0.25, -0.2) is 4.98 Å². The summed E-state index contributed by atoms with van der Waals surface area (Å²) < 4.78 is 5.42. The number of nitrogens with one attached hydrogen (secondary N) is 1. The van der Waals surface area contributed by atoms with E-state index in [9.17, 15) is 9.90 Å². The highest BCUT2D eigenvalue weighted by Crippen LogP contribution is 2.32. The summed E-state index contributed by atoms with van der Waals surface area (Å²) in [7, 11) is 0. The number of aromatic nitrogens is 1. The monoisotopic (exact) mass is 300 g/mol. The van der Waals surface area contributed by atoms with Crippen LogP contribution in [0.4, 0.5) is 0 Å². The SMILES string of the molecule is O=C(CC1(O)CCCC1)NCc1coc(-c2ccccc2)n1. The lowest BCUT2D eigenvalue weighted by Crippen LogP contribution is -2.34. The van der Waals surface area contributed by atoms with Gasteiger partial charge in [-0.2, -0.15) is 0 Å². The summed E-state index contributed by atoms with van der Waals surface area (Å²) in [4.78, 5) is 16.3. The lowest BCUT2D eigenvalue weighted by Gasteiger charge is -2.20. The molecular weight excluding hydrogens is 280 g/mol. The second kappa shape index (κ2) is 6.32. The Morgan fingerprint density at radius 1 is 1.27 bits per heavy atom. The normalized spacial score (nSPS) is 16.6. The van der Waals surface area contributed by atoms with Gasteiger partial charge in [0.05, 0.1) is 24.3 Å². The third-order valence-electron chi connectivity index (χ3n) is 4.06. The molecule has 0 saturated heterocycles. The topological polar surface area (TPSA) is 75.4 Å². The van der Waals surface area contributed by atoms with Crippen molar-refractivity contribution >= 4 is 5.91 Å². The first-order chi connectivity index (χ1) is 10.6. The predicted octanol–water partition coefficient (Wildman–Crippen LogP) is 2.65. The number of rotatable bonds is 5. The lowest BCUT2D eigenvalue weighted by atomic mass is 9.98. The van der Waals surface area contributed by atoms with E-state index in [2.05, 4.69) is 10.3 Å². The Balaban J connectivity index is 1.54. The molecule has 0 atom stereocenters. The van der Waals surface area contributed by atoms with Crippen molar-refractivity contribution in [3.63, 3.8) is 0 Å². The molecule has 22 heavy (non-hydrogen) atoms. The van der Waals surface area contributed by atoms with Crippen molar-refractivity contribution in [3.05, 3.63) is 42.3 Å². The summed E-state index contributed by atoms with van der Waals surface area (Å²) in [6.07, 6.45) is 5.12. The van der Waals surface area contributed by atoms with Gasteiger partial charge in [0.1, 0.15) is 6.26 Å². The van der Waals surface area contributed by atoms with Crippen LogP contribution in [0.25, 0.3) is 11.5 Å². The van der Waals surface area contributed by atoms with Crippen LogP contribution in [0.5, 0.6) is 0 Å². The fourth-order valence-corrected chi connectivity index (χ4v) is 2.86. The Bertz CT molecular complexity index is 630. The van der Waals surface area contributed by atoms with E-state index >= 15 is 0 Å². The molecule has 0 bridgehead atoms. The van der Waals surface area contributed by atoms with Gasteiger partial charge in [-0.05, 0) is 25.0 Å². The number of hydrogen-bond donors (Lipinski definition) is 2. The molecule has 1 aromatic heterocycles. The van der Waals surface area contributed by atoms with Crippen molar-refractivity contribution in [2.45, 2.75) is 44.2 Å². The maximum atomic E-state index is 11.9. The van der Waals surface area contributed by atoms with Crippen LogP contribution in [-0.2, 0) is 11.3 Å². The molecule has 5 nitrogen and oxygen atoms in total. The Hall–Kier alpha value is -2.14. The third kappa shape index (κ3) is 3.54.